The highest BCUT2D eigenvalue weighted by Crippen LogP contribution is 2.37. The Kier molecular flexibility index (Phi) is 5.16. The van der Waals surface area contributed by atoms with E-state index in [9.17, 15) is 19.8 Å². The molecule has 1 saturated heterocycles. The number of aliphatic hydroxyl groups is 2. The fourth-order valence-electron chi connectivity index (χ4n) is 3.26. The zero-order valence-corrected chi connectivity index (χ0v) is 13.9. The van der Waals surface area contributed by atoms with Crippen LogP contribution in [0.15, 0.2) is 28.3 Å². The van der Waals surface area contributed by atoms with Gasteiger partial charge in [-0.05, 0) is 26.2 Å². The average molecular weight is 350 g/mol. The number of hydrogen-bond donors (Lipinski definition) is 4. The molecule has 3 rings (SSSR count). The first-order valence-corrected chi connectivity index (χ1v) is 8.25. The minimum Gasteiger partial charge on any atom is -0.394 e. The van der Waals surface area contributed by atoms with Crippen molar-refractivity contribution in [3.63, 3.8) is 0 Å². The van der Waals surface area contributed by atoms with Crippen molar-refractivity contribution in [3.8, 4) is 0 Å². The van der Waals surface area contributed by atoms with Crippen LogP contribution in [-0.4, -0.2) is 48.5 Å². The van der Waals surface area contributed by atoms with Crippen LogP contribution in [0.2, 0.25) is 0 Å². The molecule has 1 aliphatic rings. The first-order chi connectivity index (χ1) is 12.0. The lowest BCUT2D eigenvalue weighted by atomic mass is 9.93. The maximum Gasteiger partial charge on any atom is 0.330 e. The molecule has 136 valence electrons. The Morgan fingerprint density at radius 2 is 2.20 bits per heavy atom. The highest BCUT2D eigenvalue weighted by atomic mass is 16.5. The van der Waals surface area contributed by atoms with Crippen LogP contribution in [0.4, 0.5) is 0 Å². The molecule has 0 aromatic carbocycles. The number of nitrogens with one attached hydrogen (secondary N) is 2. The second-order valence-electron chi connectivity index (χ2n) is 6.33. The number of aromatic amines is 2. The summed E-state index contributed by atoms with van der Waals surface area (Å²) in [4.78, 5) is 33.0. The van der Waals surface area contributed by atoms with Crippen LogP contribution in [0, 0.1) is 12.8 Å². The molecule has 0 radical (unpaired) electrons. The van der Waals surface area contributed by atoms with Crippen molar-refractivity contribution in [2.45, 2.75) is 44.6 Å². The molecule has 0 amide bonds. The topological polar surface area (TPSA) is 133 Å². The van der Waals surface area contributed by atoms with Crippen molar-refractivity contribution >= 4 is 0 Å². The molecule has 9 heteroatoms. The largest absolute Gasteiger partial charge is 0.394 e. The smallest absolute Gasteiger partial charge is 0.330 e. The van der Waals surface area contributed by atoms with Crippen LogP contribution < -0.4 is 11.2 Å². The number of H-pyrrole nitrogens is 2. The van der Waals surface area contributed by atoms with Gasteiger partial charge in [0.2, 0.25) is 0 Å². The van der Waals surface area contributed by atoms with E-state index in [1.165, 1.54) is 10.8 Å². The highest BCUT2D eigenvalue weighted by Gasteiger charge is 2.44. The lowest BCUT2D eigenvalue weighted by Crippen LogP contribution is -2.36. The third-order valence-corrected chi connectivity index (χ3v) is 4.63. The Bertz CT molecular complexity index is 813. The lowest BCUT2D eigenvalue weighted by Gasteiger charge is -2.22. The van der Waals surface area contributed by atoms with Crippen LogP contribution in [0.25, 0.3) is 0 Å². The molecule has 2 aromatic heterocycles. The predicted molar refractivity (Wildman–Crippen MR) is 88.1 cm³/mol. The first kappa shape index (κ1) is 17.6. The lowest BCUT2D eigenvalue weighted by molar-refractivity contribution is -0.0484. The maximum absolute atomic E-state index is 12.2. The van der Waals surface area contributed by atoms with Gasteiger partial charge in [0, 0.05) is 23.9 Å². The Hall–Kier alpha value is -2.23. The van der Waals surface area contributed by atoms with Crippen LogP contribution >= 0.6 is 0 Å². The monoisotopic (exact) mass is 350 g/mol. The van der Waals surface area contributed by atoms with Gasteiger partial charge in [-0.2, -0.15) is 0 Å². The van der Waals surface area contributed by atoms with Crippen LogP contribution in [0.3, 0.4) is 0 Å². The van der Waals surface area contributed by atoms with E-state index in [2.05, 4.69) is 15.0 Å². The number of imidazole rings is 1. The molecular weight excluding hydrogens is 328 g/mol. The van der Waals surface area contributed by atoms with Gasteiger partial charge in [-0.3, -0.25) is 14.3 Å². The van der Waals surface area contributed by atoms with Gasteiger partial charge in [0.15, 0.2) is 0 Å². The molecule has 3 heterocycles. The number of aryl methyl sites for hydroxylation is 2. The van der Waals surface area contributed by atoms with Gasteiger partial charge in [0.1, 0.15) is 12.3 Å². The van der Waals surface area contributed by atoms with E-state index < -0.39 is 29.7 Å². The summed E-state index contributed by atoms with van der Waals surface area (Å²) in [5, 5.41) is 19.9. The molecule has 1 aliphatic heterocycles. The summed E-state index contributed by atoms with van der Waals surface area (Å²) in [6, 6.07) is 0. The molecule has 0 spiro atoms. The molecule has 25 heavy (non-hydrogen) atoms. The zero-order chi connectivity index (χ0) is 18.0. The van der Waals surface area contributed by atoms with Crippen molar-refractivity contribution in [1.82, 2.24) is 19.5 Å². The normalized spacial score (nSPS) is 26.2. The summed E-state index contributed by atoms with van der Waals surface area (Å²) in [6.45, 7) is 1.25. The third kappa shape index (κ3) is 3.58. The maximum atomic E-state index is 12.2. The first-order valence-electron chi connectivity index (χ1n) is 8.25. The molecule has 1 fully saturated rings. The van der Waals surface area contributed by atoms with Crippen molar-refractivity contribution in [1.29, 1.82) is 0 Å². The van der Waals surface area contributed by atoms with Gasteiger partial charge in [-0.1, -0.05) is 0 Å². The summed E-state index contributed by atoms with van der Waals surface area (Å²) in [5.41, 5.74) is 0.249. The van der Waals surface area contributed by atoms with E-state index in [1.807, 2.05) is 6.20 Å². The Labute approximate surface area is 143 Å². The third-order valence-electron chi connectivity index (χ3n) is 4.63. The predicted octanol–water partition coefficient (Wildman–Crippen LogP) is -0.542. The van der Waals surface area contributed by atoms with Gasteiger partial charge in [-0.15, -0.1) is 0 Å². The van der Waals surface area contributed by atoms with E-state index in [4.69, 9.17) is 4.74 Å². The Morgan fingerprint density at radius 3 is 2.88 bits per heavy atom. The molecule has 4 atom stereocenters. The van der Waals surface area contributed by atoms with E-state index >= 15 is 0 Å². The average Bonchev–Trinajstić information content (AvgIpc) is 3.20. The summed E-state index contributed by atoms with van der Waals surface area (Å²) in [6.07, 6.45) is 4.49. The van der Waals surface area contributed by atoms with Gasteiger partial charge in [0.05, 0.1) is 24.7 Å². The van der Waals surface area contributed by atoms with Gasteiger partial charge in [-0.25, -0.2) is 9.78 Å². The molecule has 4 N–H and O–H groups in total. The second-order valence-corrected chi connectivity index (χ2v) is 6.33. The van der Waals surface area contributed by atoms with E-state index in [0.29, 0.717) is 12.0 Å². The van der Waals surface area contributed by atoms with E-state index in [1.54, 1.807) is 13.3 Å². The van der Waals surface area contributed by atoms with Crippen molar-refractivity contribution < 1.29 is 14.9 Å². The van der Waals surface area contributed by atoms with Crippen LogP contribution in [0.1, 0.15) is 30.3 Å². The van der Waals surface area contributed by atoms with Crippen molar-refractivity contribution in [2.24, 2.45) is 5.92 Å². The van der Waals surface area contributed by atoms with Gasteiger partial charge in [0.25, 0.3) is 5.56 Å². The van der Waals surface area contributed by atoms with Crippen LogP contribution in [-0.2, 0) is 11.2 Å². The SMILES string of the molecule is Cc1cn([C@@H]2O[C@H](CO)C(O)C2CCCc2c[nH]cn2)c(=O)[nH]c1=O. The zero-order valence-electron chi connectivity index (χ0n) is 13.9. The fourth-order valence-corrected chi connectivity index (χ4v) is 3.26. The van der Waals surface area contributed by atoms with Crippen molar-refractivity contribution in [3.05, 3.63) is 50.8 Å². The van der Waals surface area contributed by atoms with Gasteiger partial charge < -0.3 is 19.9 Å². The number of rotatable bonds is 6. The summed E-state index contributed by atoms with van der Waals surface area (Å²) in [5.74, 6) is -0.376. The summed E-state index contributed by atoms with van der Waals surface area (Å²) in [7, 11) is 0. The number of aliphatic hydroxyl groups excluding tert-OH is 2. The number of hydrogen-bond acceptors (Lipinski definition) is 6. The van der Waals surface area contributed by atoms with Gasteiger partial charge >= 0.3 is 5.69 Å². The second kappa shape index (κ2) is 7.34. The van der Waals surface area contributed by atoms with Crippen LogP contribution in [0.5, 0.6) is 0 Å². The number of aromatic nitrogens is 4. The Morgan fingerprint density at radius 1 is 1.40 bits per heavy atom. The number of ether oxygens (including phenoxy) is 1. The molecule has 9 nitrogen and oxygen atoms in total. The molecule has 0 bridgehead atoms. The van der Waals surface area contributed by atoms with E-state index in [0.717, 1.165) is 18.5 Å². The summed E-state index contributed by atoms with van der Waals surface area (Å²) >= 11 is 0. The molecule has 2 unspecified atom stereocenters. The fraction of sp³-hybridized carbons (Fsp3) is 0.562. The minimum absolute atomic E-state index is 0.343. The molecule has 0 aliphatic carbocycles. The minimum atomic E-state index is -0.895. The molecule has 0 saturated carbocycles. The van der Waals surface area contributed by atoms with E-state index in [-0.39, 0.29) is 12.5 Å². The standard InChI is InChI=1S/C16H22N4O5/c1-9-6-20(16(24)19-14(9)23)15-11(13(22)12(7-21)25-15)4-2-3-10-5-17-8-18-10/h5-6,8,11-13,15,21-22H,2-4,7H2,1H3,(H,17,18)(H,19,23,24)/t11?,12-,13?,15-/m1/s1. The highest BCUT2D eigenvalue weighted by molar-refractivity contribution is 5.03. The summed E-state index contributed by atoms with van der Waals surface area (Å²) < 4.78 is 6.99. The molecule has 2 aromatic rings. The Balaban J connectivity index is 1.81. The molecular formula is C16H22N4O5. The quantitative estimate of drug-likeness (QED) is 0.553. The van der Waals surface area contributed by atoms with Crippen molar-refractivity contribution in [2.75, 3.05) is 6.61 Å². The number of nitrogens with zero attached hydrogens (tertiary/aromatic N) is 2.